The summed E-state index contributed by atoms with van der Waals surface area (Å²) >= 11 is 12.4. The number of sulfonamides is 2. The van der Waals surface area contributed by atoms with Crippen LogP contribution in [0.2, 0.25) is 10.0 Å². The Bertz CT molecular complexity index is 6590. The van der Waals surface area contributed by atoms with Crippen molar-refractivity contribution in [1.29, 1.82) is 0 Å². The molecule has 4 aliphatic heterocycles. The number of ether oxygens (including phenoxy) is 4. The van der Waals surface area contributed by atoms with Crippen LogP contribution < -0.4 is 34.0 Å². The summed E-state index contributed by atoms with van der Waals surface area (Å²) in [6, 6.07) is 48.4. The summed E-state index contributed by atoms with van der Waals surface area (Å²) < 4.78 is 75.0. The number of nitrogens with two attached hydrogens (primary N) is 1. The van der Waals surface area contributed by atoms with Gasteiger partial charge in [0.05, 0.1) is 61.2 Å². The van der Waals surface area contributed by atoms with Crippen LogP contribution >= 0.6 is 35.6 Å². The van der Waals surface area contributed by atoms with Gasteiger partial charge in [-0.25, -0.2) is 51.4 Å². The predicted molar refractivity (Wildman–Crippen MR) is 576 cm³/mol. The summed E-state index contributed by atoms with van der Waals surface area (Å²) in [5.41, 5.74) is 14.2. The zero-order valence-corrected chi connectivity index (χ0v) is 87.7. The normalized spacial score (nSPS) is 16.2. The van der Waals surface area contributed by atoms with E-state index in [-0.39, 0.29) is 67.9 Å². The molecule has 0 unspecified atom stereocenters. The Labute approximate surface area is 866 Å². The fourth-order valence-corrected chi connectivity index (χ4v) is 20.2. The summed E-state index contributed by atoms with van der Waals surface area (Å²) in [7, 11) is -0.322. The fourth-order valence-electron chi connectivity index (χ4n) is 18.4. The highest BCUT2D eigenvalue weighted by atomic mass is 35.5. The third-order valence-corrected chi connectivity index (χ3v) is 29.5. The number of piperazine rings is 2. The van der Waals surface area contributed by atoms with Crippen LogP contribution in [0.15, 0.2) is 226 Å². The Morgan fingerprint density at radius 3 is 1.47 bits per heavy atom. The van der Waals surface area contributed by atoms with Crippen LogP contribution in [0.4, 0.5) is 33.1 Å². The number of primary sulfonamides is 1. The highest BCUT2D eigenvalue weighted by molar-refractivity contribution is 7.90. The minimum atomic E-state index is -4.53. The third kappa shape index (κ3) is 33.2. The number of amides is 1. The van der Waals surface area contributed by atoms with Gasteiger partial charge in [0.1, 0.15) is 17.1 Å². The van der Waals surface area contributed by atoms with Crippen molar-refractivity contribution >= 4 is 135 Å². The van der Waals surface area contributed by atoms with Crippen LogP contribution in [0.3, 0.4) is 0 Å². The summed E-state index contributed by atoms with van der Waals surface area (Å²) in [5, 5.41) is 41.3. The van der Waals surface area contributed by atoms with Gasteiger partial charge in [0.25, 0.3) is 27.3 Å². The first-order chi connectivity index (χ1) is 68.5. The van der Waals surface area contributed by atoms with Gasteiger partial charge in [-0.05, 0) is 254 Å². The number of hydrogen-bond acceptors (Lipinski definition) is 25. The second-order valence-electron chi connectivity index (χ2n) is 38.9. The number of carbonyl (C=O) groups excluding carboxylic acids is 1. The van der Waals surface area contributed by atoms with Crippen molar-refractivity contribution in [2.24, 2.45) is 37.8 Å². The van der Waals surface area contributed by atoms with Crippen LogP contribution in [0, 0.1) is 42.9 Å². The number of H-pyrrole nitrogens is 2. The number of hydrogen-bond donors (Lipinski definition) is 5. The van der Waals surface area contributed by atoms with E-state index in [2.05, 4.69) is 136 Å². The van der Waals surface area contributed by atoms with E-state index in [1.165, 1.54) is 69.8 Å². The van der Waals surface area contributed by atoms with Gasteiger partial charge in [0.15, 0.2) is 0 Å². The zero-order valence-electron chi connectivity index (χ0n) is 83.7. The molecule has 1 amide bonds. The molecule has 6 N–H and O–H groups in total. The van der Waals surface area contributed by atoms with E-state index in [0.717, 1.165) is 231 Å². The fraction of sp³-hybridized carbons (Fsp3) is 0.421. The number of aromatic carboxylic acids is 1. The Balaban J connectivity index is 0.000000219. The molecule has 778 valence electrons. The number of carboxylic acids is 1. The first-order valence-electron chi connectivity index (χ1n) is 48.7. The highest BCUT2D eigenvalue weighted by Gasteiger charge is 2.35. The van der Waals surface area contributed by atoms with Gasteiger partial charge < -0.3 is 53.6 Å². The number of nitro benzene ring substituents is 2. The zero-order chi connectivity index (χ0) is 102. The number of halogens is 4. The maximum atomic E-state index is 13.9. The predicted octanol–water partition coefficient (Wildman–Crippen LogP) is 21.4. The number of aromatic nitrogens is 5. The van der Waals surface area contributed by atoms with Gasteiger partial charge in [-0.1, -0.05) is 98.4 Å². The van der Waals surface area contributed by atoms with E-state index in [9.17, 15) is 51.8 Å². The van der Waals surface area contributed by atoms with Gasteiger partial charge in [-0.3, -0.25) is 44.5 Å². The van der Waals surface area contributed by atoms with Crippen LogP contribution in [0.1, 0.15) is 162 Å². The summed E-state index contributed by atoms with van der Waals surface area (Å²) in [6.07, 6.45) is 24.4. The van der Waals surface area contributed by atoms with E-state index in [4.69, 9.17) is 47.3 Å². The average molecular weight is 2090 g/mol. The Morgan fingerprint density at radius 1 is 0.607 bits per heavy atom. The monoisotopic (exact) mass is 2090 g/mol. The second-order valence-corrected chi connectivity index (χ2v) is 43.0. The van der Waals surface area contributed by atoms with Crippen LogP contribution in [0.25, 0.3) is 33.0 Å². The van der Waals surface area contributed by atoms with Gasteiger partial charge >= 0.3 is 5.97 Å². The third-order valence-electron chi connectivity index (χ3n) is 26.8. The lowest BCUT2D eigenvalue weighted by molar-refractivity contribution is -0.385. The quantitative estimate of drug-likeness (QED) is 0.0117. The number of aromatic amines is 2. The molecule has 38 heteroatoms. The van der Waals surface area contributed by atoms with Crippen LogP contribution in [-0.4, -0.2) is 229 Å². The number of allylic oxidation sites excluding steroid dienone is 2. The number of aliphatic imine (C=N–C) groups is 2. The smallest absolute Gasteiger partial charge is 0.339 e. The number of pyridine rings is 3. The number of aryl methyl sites for hydroxylation is 2. The number of fused-ring (bicyclic) bond motifs is 2. The lowest BCUT2D eigenvalue weighted by Crippen LogP contribution is -2.47. The van der Waals surface area contributed by atoms with Crippen LogP contribution in [-0.2, 0) is 42.4 Å². The van der Waals surface area contributed by atoms with Gasteiger partial charge in [0, 0.05) is 224 Å². The Kier molecular flexibility index (Phi) is 41.6. The van der Waals surface area contributed by atoms with Crippen molar-refractivity contribution in [3.8, 4) is 23.3 Å². The molecule has 2 aliphatic carbocycles. The number of rotatable bonds is 31. The van der Waals surface area contributed by atoms with Crippen molar-refractivity contribution in [3.05, 3.63) is 270 Å². The maximum Gasteiger partial charge on any atom is 0.339 e. The molecule has 4 saturated heterocycles. The lowest BCUT2D eigenvalue weighted by atomic mass is 9.72. The van der Waals surface area contributed by atoms with Gasteiger partial charge in [-0.2, -0.15) is 0 Å². The molecule has 11 aromatic rings. The SMILES string of the molecule is CC1(C)CCC(CN2CCN(c3ccc(C(=O)NS(=O)(=O)c4ccc(CCC5CCOCC5)c([N+](=O)[O-])c4)c(Oc4cc5cc[nH]c5cn4)c3)CC2)=C(c2ccc(Cl)cc2)C1.CC1(C)CCC(CN2CCN(c3ccc(C(=O)O)c(Oc4cc5cc[nH]c5cn4)c3)CC2)=C(c2ccc(Cl)cc2)C1.CCN=C=NCCCN(C)C.CN(C)c1ccncc1.Cl.F.NS(=O)(=O)c1ccc(CCC2CCOCC2)c([N+](=O)[O-])c1.[HH]. The molecular formula is C107H135Cl3FN17O15S2. The first kappa shape index (κ1) is 113. The number of benzene rings is 6. The number of nitro groups is 2. The molecule has 0 radical (unpaired) electrons. The molecule has 5 aromatic heterocycles. The maximum absolute atomic E-state index is 13.9. The molecule has 145 heavy (non-hydrogen) atoms. The molecule has 0 spiro atoms. The van der Waals surface area contributed by atoms with E-state index >= 15 is 0 Å². The van der Waals surface area contributed by atoms with Crippen molar-refractivity contribution in [1.82, 2.24) is 44.3 Å². The number of nitrogens with one attached hydrogen (secondary N) is 3. The Morgan fingerprint density at radius 2 is 1.05 bits per heavy atom. The standard InChI is InChI=1S/C46H51ClN6O7S.C33H35ClN4O3.C13H18N2O5S.C8H17N3.C7H10N2.ClH.FH.H2/c1-46(2)17-13-35(40(28-46)32-5-8-36(47)9-6-32)30-51-19-21-52(22-20-51)37-10-12-39(43(26-37)60-44-25-34-14-18-48-41(34)29-49-44)45(54)50-61(57,58)38-11-7-33(42(27-38)53(55)56)4-3-31-15-23-59-24-16-31;1-33(2)11-9-24(28(19-33)22-3-5-25(34)6-4-22)21-37-13-15-38(16-14-37)26-7-8-27(32(39)40)30(18-26)41-31-17-23-10-12-35-29(23)20-36-31;14-21(18,19)12-4-3-11(13(9-12)15(16)17)2-1-10-5-7-20-8-6-10;1-4-9-8-10-6-5-7-11(2)3;1-9(2)7-3-5-8-6-4-7;;;/h5-12,14,18,25-27,29,31,48H,3-4,13,15-17,19-24,28,30H2,1-2H3,(H,50,54);3-8,10,12,17-18,20,35H,9,11,13-16,19,21H2,1-2H3,(H,39,40);3-4,9-10H,1-2,5-8H2,(H2,14,18,19);4-7H2,1-3H3;3-6H,1-2H3;3*1H. The molecule has 0 atom stereocenters. The van der Waals surface area contributed by atoms with Gasteiger partial charge in [0.2, 0.25) is 21.8 Å². The molecule has 6 aliphatic rings. The molecule has 4 fully saturated rings. The van der Waals surface area contributed by atoms with Crippen molar-refractivity contribution in [3.63, 3.8) is 0 Å². The van der Waals surface area contributed by atoms with Crippen molar-refractivity contribution in [2.45, 2.75) is 141 Å². The lowest BCUT2D eigenvalue weighted by Gasteiger charge is -2.39. The number of nitrogens with zero attached hydrogens (tertiary/aromatic N) is 13. The van der Waals surface area contributed by atoms with E-state index in [1.807, 2.05) is 98.8 Å². The van der Waals surface area contributed by atoms with E-state index in [1.54, 1.807) is 61.3 Å². The number of anilines is 3. The molecule has 0 saturated carbocycles. The van der Waals surface area contributed by atoms with E-state index in [0.29, 0.717) is 66.1 Å². The molecule has 0 bridgehead atoms. The highest BCUT2D eigenvalue weighted by Crippen LogP contribution is 2.46. The molecule has 17 rings (SSSR count). The number of carbonyl (C=O) groups is 2. The average Bonchev–Trinajstić information content (AvgIpc) is 1.02. The van der Waals surface area contributed by atoms with Crippen molar-refractivity contribution < 1.29 is 66.5 Å². The summed E-state index contributed by atoms with van der Waals surface area (Å²) in [4.78, 5) is 87.8. The Hall–Kier alpha value is -12.1. The molecule has 6 aromatic carbocycles. The van der Waals surface area contributed by atoms with Crippen molar-refractivity contribution in [2.75, 3.05) is 154 Å². The summed E-state index contributed by atoms with van der Waals surface area (Å²) in [5.74, 6) is -0.0955. The first-order valence-corrected chi connectivity index (χ1v) is 52.5. The van der Waals surface area contributed by atoms with E-state index < -0.39 is 41.8 Å². The largest absolute Gasteiger partial charge is 0.478 e. The topological polar surface area (TPSA) is 398 Å². The molecular weight excluding hydrogens is 1950 g/mol. The number of carboxylic acid groups (broad SMARTS) is 1. The van der Waals surface area contributed by atoms with Gasteiger partial charge in [-0.15, -0.1) is 12.4 Å². The summed E-state index contributed by atoms with van der Waals surface area (Å²) in [6.45, 7) is 25.4. The minimum Gasteiger partial charge on any atom is -0.478 e. The van der Waals surface area contributed by atoms with Crippen LogP contribution in [0.5, 0.6) is 23.3 Å². The molecule has 32 nitrogen and oxygen atoms in total. The minimum absolute atomic E-state index is 0. The molecule has 9 heterocycles. The second kappa shape index (κ2) is 53.3.